The summed E-state index contributed by atoms with van der Waals surface area (Å²) in [6.07, 6.45) is 0. The van der Waals surface area contributed by atoms with Gasteiger partial charge in [-0.1, -0.05) is 15.9 Å². The molecule has 0 aliphatic carbocycles. The highest BCUT2D eigenvalue weighted by molar-refractivity contribution is 9.09. The number of hydrogen-bond donors (Lipinski definition) is 0. The van der Waals surface area contributed by atoms with Crippen LogP contribution in [0, 0.1) is 0 Å². The molecule has 2 aliphatic rings. The summed E-state index contributed by atoms with van der Waals surface area (Å²) in [5.41, 5.74) is 0. The largest absolute Gasteiger partial charge is 0.379 e. The lowest BCUT2D eigenvalue weighted by atomic mass is 10.1. The molecule has 76 valence electrons. The predicted molar refractivity (Wildman–Crippen MR) is 56.4 cm³/mol. The minimum atomic E-state index is 0.808. The van der Waals surface area contributed by atoms with Crippen LogP contribution in [0.3, 0.4) is 0 Å². The van der Waals surface area contributed by atoms with E-state index in [1.807, 2.05) is 0 Å². The van der Waals surface area contributed by atoms with Crippen molar-refractivity contribution >= 4 is 15.9 Å². The Bertz CT molecular complexity index is 156. The molecule has 0 saturated carbocycles. The third-order valence-corrected chi connectivity index (χ3v) is 3.26. The van der Waals surface area contributed by atoms with Crippen LogP contribution in [0.1, 0.15) is 0 Å². The molecule has 0 aromatic heterocycles. The zero-order valence-corrected chi connectivity index (χ0v) is 9.50. The molecule has 4 heteroatoms. The van der Waals surface area contributed by atoms with Gasteiger partial charge >= 0.3 is 0 Å². The average molecular weight is 249 g/mol. The maximum Gasteiger partial charge on any atom is 0.0594 e. The van der Waals surface area contributed by atoms with E-state index in [0.717, 1.165) is 37.7 Å². The molecular formula is C9H17BrN2O. The van der Waals surface area contributed by atoms with Crippen molar-refractivity contribution in [3.05, 3.63) is 0 Å². The Morgan fingerprint density at radius 1 is 1.23 bits per heavy atom. The normalized spacial score (nSPS) is 27.5. The van der Waals surface area contributed by atoms with Crippen molar-refractivity contribution in [2.45, 2.75) is 6.04 Å². The van der Waals surface area contributed by atoms with E-state index in [4.69, 9.17) is 4.74 Å². The molecule has 0 unspecified atom stereocenters. The molecule has 0 bridgehead atoms. The summed E-state index contributed by atoms with van der Waals surface area (Å²) in [7, 11) is 0. The predicted octanol–water partition coefficient (Wildman–Crippen LogP) is 0.398. The van der Waals surface area contributed by atoms with Crippen LogP contribution < -0.4 is 0 Å². The van der Waals surface area contributed by atoms with Gasteiger partial charge in [0, 0.05) is 44.1 Å². The van der Waals surface area contributed by atoms with Gasteiger partial charge < -0.3 is 4.74 Å². The van der Waals surface area contributed by atoms with Crippen molar-refractivity contribution < 1.29 is 4.74 Å². The van der Waals surface area contributed by atoms with Crippen LogP contribution in [0.15, 0.2) is 0 Å². The Balaban J connectivity index is 1.66. The van der Waals surface area contributed by atoms with Crippen LogP contribution in [0.2, 0.25) is 0 Å². The number of ether oxygens (including phenoxy) is 1. The molecule has 3 nitrogen and oxygen atoms in total. The molecule has 0 atom stereocenters. The molecule has 0 aromatic carbocycles. The first-order chi connectivity index (χ1) is 6.40. The van der Waals surface area contributed by atoms with E-state index in [-0.39, 0.29) is 0 Å². The van der Waals surface area contributed by atoms with Crippen molar-refractivity contribution in [2.75, 3.05) is 51.3 Å². The SMILES string of the molecule is BrCCN1CC(N2CCOCC2)C1. The molecule has 2 heterocycles. The van der Waals surface area contributed by atoms with Gasteiger partial charge in [0.1, 0.15) is 0 Å². The van der Waals surface area contributed by atoms with E-state index >= 15 is 0 Å². The molecule has 2 rings (SSSR count). The van der Waals surface area contributed by atoms with E-state index in [9.17, 15) is 0 Å². The number of alkyl halides is 1. The van der Waals surface area contributed by atoms with Crippen molar-refractivity contribution in [1.29, 1.82) is 0 Å². The highest BCUT2D eigenvalue weighted by Crippen LogP contribution is 2.15. The molecule has 0 N–H and O–H groups in total. The Kier molecular flexibility index (Phi) is 3.60. The summed E-state index contributed by atoms with van der Waals surface area (Å²) in [6.45, 7) is 7.82. The first-order valence-corrected chi connectivity index (χ1v) is 6.12. The van der Waals surface area contributed by atoms with Gasteiger partial charge in [0.2, 0.25) is 0 Å². The molecule has 0 amide bonds. The standard InChI is InChI=1S/C9H17BrN2O/c10-1-2-11-7-9(8-11)12-3-5-13-6-4-12/h9H,1-8H2. The summed E-state index contributed by atoms with van der Waals surface area (Å²) >= 11 is 3.47. The van der Waals surface area contributed by atoms with Gasteiger partial charge in [-0.3, -0.25) is 9.80 Å². The Labute approximate surface area is 88.1 Å². The van der Waals surface area contributed by atoms with E-state index in [1.54, 1.807) is 0 Å². The minimum Gasteiger partial charge on any atom is -0.379 e. The van der Waals surface area contributed by atoms with Gasteiger partial charge in [0.15, 0.2) is 0 Å². The second kappa shape index (κ2) is 4.73. The number of halogens is 1. The minimum absolute atomic E-state index is 0.808. The highest BCUT2D eigenvalue weighted by Gasteiger charge is 2.31. The molecule has 0 spiro atoms. The third kappa shape index (κ3) is 2.43. The number of morpholine rings is 1. The third-order valence-electron chi connectivity index (χ3n) is 2.90. The fourth-order valence-corrected chi connectivity index (χ4v) is 2.52. The lowest BCUT2D eigenvalue weighted by molar-refractivity contribution is -0.0300. The fraction of sp³-hybridized carbons (Fsp3) is 1.00. The summed E-state index contributed by atoms with van der Waals surface area (Å²) in [6, 6.07) is 0.808. The van der Waals surface area contributed by atoms with Gasteiger partial charge in [-0.05, 0) is 0 Å². The van der Waals surface area contributed by atoms with Gasteiger partial charge in [-0.25, -0.2) is 0 Å². The Hall–Kier alpha value is 0.360. The van der Waals surface area contributed by atoms with Crippen LogP contribution in [0.4, 0.5) is 0 Å². The number of likely N-dealkylation sites (tertiary alicyclic amines) is 1. The molecular weight excluding hydrogens is 232 g/mol. The monoisotopic (exact) mass is 248 g/mol. The van der Waals surface area contributed by atoms with Crippen molar-refractivity contribution in [1.82, 2.24) is 9.80 Å². The van der Waals surface area contributed by atoms with E-state index < -0.39 is 0 Å². The average Bonchev–Trinajstić information content (AvgIpc) is 2.12. The summed E-state index contributed by atoms with van der Waals surface area (Å²) < 4.78 is 5.33. The first-order valence-electron chi connectivity index (χ1n) is 5.00. The van der Waals surface area contributed by atoms with Crippen molar-refractivity contribution in [3.63, 3.8) is 0 Å². The maximum atomic E-state index is 5.33. The topological polar surface area (TPSA) is 15.7 Å². The quantitative estimate of drug-likeness (QED) is 0.673. The van der Waals surface area contributed by atoms with Crippen LogP contribution in [0.5, 0.6) is 0 Å². The van der Waals surface area contributed by atoms with Crippen molar-refractivity contribution in [3.8, 4) is 0 Å². The van der Waals surface area contributed by atoms with Crippen LogP contribution in [-0.2, 0) is 4.74 Å². The van der Waals surface area contributed by atoms with Gasteiger partial charge in [-0.2, -0.15) is 0 Å². The van der Waals surface area contributed by atoms with E-state index in [1.165, 1.54) is 19.6 Å². The van der Waals surface area contributed by atoms with Gasteiger partial charge in [0.05, 0.1) is 13.2 Å². The summed E-state index contributed by atoms with van der Waals surface area (Å²) in [4.78, 5) is 5.06. The van der Waals surface area contributed by atoms with Gasteiger partial charge in [0.25, 0.3) is 0 Å². The number of hydrogen-bond acceptors (Lipinski definition) is 3. The van der Waals surface area contributed by atoms with Crippen molar-refractivity contribution in [2.24, 2.45) is 0 Å². The molecule has 2 aliphatic heterocycles. The Morgan fingerprint density at radius 3 is 2.54 bits per heavy atom. The lowest BCUT2D eigenvalue weighted by Gasteiger charge is -2.46. The zero-order valence-electron chi connectivity index (χ0n) is 7.91. The van der Waals surface area contributed by atoms with E-state index in [2.05, 4.69) is 25.7 Å². The Morgan fingerprint density at radius 2 is 1.92 bits per heavy atom. The van der Waals surface area contributed by atoms with Crippen LogP contribution in [-0.4, -0.2) is 67.1 Å². The molecule has 0 radical (unpaired) electrons. The highest BCUT2D eigenvalue weighted by atomic mass is 79.9. The molecule has 13 heavy (non-hydrogen) atoms. The van der Waals surface area contributed by atoms with Crippen LogP contribution >= 0.6 is 15.9 Å². The molecule has 2 saturated heterocycles. The van der Waals surface area contributed by atoms with E-state index in [0.29, 0.717) is 0 Å². The number of nitrogens with zero attached hydrogens (tertiary/aromatic N) is 2. The van der Waals surface area contributed by atoms with Crippen LogP contribution in [0.25, 0.3) is 0 Å². The molecule has 2 fully saturated rings. The lowest BCUT2D eigenvalue weighted by Crippen LogP contribution is -2.61. The number of rotatable bonds is 3. The summed E-state index contributed by atoms with van der Waals surface area (Å²) in [5, 5.41) is 1.10. The smallest absolute Gasteiger partial charge is 0.0594 e. The fourth-order valence-electron chi connectivity index (χ4n) is 2.02. The second-order valence-electron chi connectivity index (χ2n) is 3.75. The second-order valence-corrected chi connectivity index (χ2v) is 4.54. The summed E-state index contributed by atoms with van der Waals surface area (Å²) in [5.74, 6) is 0. The van der Waals surface area contributed by atoms with Gasteiger partial charge in [-0.15, -0.1) is 0 Å². The zero-order chi connectivity index (χ0) is 9.10. The molecule has 0 aromatic rings. The maximum absolute atomic E-state index is 5.33. The first kappa shape index (κ1) is 9.90.